The van der Waals surface area contributed by atoms with E-state index in [-0.39, 0.29) is 11.7 Å². The Labute approximate surface area is 117 Å². The van der Waals surface area contributed by atoms with Gasteiger partial charge in [0, 0.05) is 31.3 Å². The molecule has 0 spiro atoms. The minimum atomic E-state index is -3.07. The van der Waals surface area contributed by atoms with E-state index in [0.29, 0.717) is 17.1 Å². The van der Waals surface area contributed by atoms with Crippen molar-refractivity contribution in [1.82, 2.24) is 9.55 Å². The van der Waals surface area contributed by atoms with Crippen LogP contribution in [0.4, 0.5) is 5.95 Å². The van der Waals surface area contributed by atoms with Crippen LogP contribution in [-0.4, -0.2) is 30.1 Å². The maximum absolute atomic E-state index is 12.0. The van der Waals surface area contributed by atoms with Crippen LogP contribution in [0.2, 0.25) is 0 Å². The summed E-state index contributed by atoms with van der Waals surface area (Å²) >= 11 is 0. The molecule has 20 heavy (non-hydrogen) atoms. The van der Waals surface area contributed by atoms with Crippen molar-refractivity contribution in [2.45, 2.75) is 5.75 Å². The number of carbonyl (C=O) groups excluding carboxylic acids is 1. The van der Waals surface area contributed by atoms with Gasteiger partial charge in [0.1, 0.15) is 0 Å². The molecule has 0 saturated carbocycles. The van der Waals surface area contributed by atoms with Crippen LogP contribution in [0.1, 0.15) is 15.9 Å². The van der Waals surface area contributed by atoms with Gasteiger partial charge in [-0.2, -0.15) is 0 Å². The molecule has 2 rings (SSSR count). The third kappa shape index (κ3) is 3.67. The lowest BCUT2D eigenvalue weighted by molar-refractivity contribution is 0.102. The van der Waals surface area contributed by atoms with Crippen LogP contribution in [0, 0.1) is 0 Å². The number of nitrogens with one attached hydrogen (secondary N) is 1. The molecule has 0 bridgehead atoms. The van der Waals surface area contributed by atoms with Gasteiger partial charge in [0.05, 0.1) is 5.75 Å². The Bertz CT molecular complexity index is 718. The van der Waals surface area contributed by atoms with E-state index in [2.05, 4.69) is 10.3 Å². The molecule has 2 aromatic rings. The first-order chi connectivity index (χ1) is 9.35. The maximum atomic E-state index is 12.0. The molecule has 0 saturated heterocycles. The fourth-order valence-corrected chi connectivity index (χ4v) is 2.51. The fraction of sp³-hybridized carbons (Fsp3) is 0.231. The topological polar surface area (TPSA) is 81.1 Å². The Kier molecular flexibility index (Phi) is 3.89. The van der Waals surface area contributed by atoms with E-state index in [1.807, 2.05) is 0 Å². The smallest absolute Gasteiger partial charge is 0.257 e. The minimum Gasteiger partial charge on any atom is -0.320 e. The summed E-state index contributed by atoms with van der Waals surface area (Å²) in [5, 5.41) is 2.67. The fourth-order valence-electron chi connectivity index (χ4n) is 1.71. The summed E-state index contributed by atoms with van der Waals surface area (Å²) in [5.74, 6) is 0.134. The molecule has 0 aliphatic heterocycles. The lowest BCUT2D eigenvalue weighted by Gasteiger charge is -2.05. The van der Waals surface area contributed by atoms with Crippen molar-refractivity contribution in [3.8, 4) is 0 Å². The highest BCUT2D eigenvalue weighted by Crippen LogP contribution is 2.10. The molecule has 1 aromatic carbocycles. The van der Waals surface area contributed by atoms with Gasteiger partial charge in [0.15, 0.2) is 9.84 Å². The van der Waals surface area contributed by atoms with Crippen LogP contribution in [0.5, 0.6) is 0 Å². The van der Waals surface area contributed by atoms with Crippen molar-refractivity contribution < 1.29 is 13.2 Å². The van der Waals surface area contributed by atoms with Gasteiger partial charge < -0.3 is 4.57 Å². The molecule has 1 heterocycles. The highest BCUT2D eigenvalue weighted by molar-refractivity contribution is 7.89. The van der Waals surface area contributed by atoms with Crippen LogP contribution < -0.4 is 5.32 Å². The largest absolute Gasteiger partial charge is 0.320 e. The second-order valence-electron chi connectivity index (χ2n) is 4.58. The molecule has 1 aromatic heterocycles. The normalized spacial score (nSPS) is 11.3. The molecular weight excluding hydrogens is 278 g/mol. The average molecular weight is 293 g/mol. The third-order valence-corrected chi connectivity index (χ3v) is 3.55. The number of benzene rings is 1. The summed E-state index contributed by atoms with van der Waals surface area (Å²) in [6.45, 7) is 0. The lowest BCUT2D eigenvalue weighted by Crippen LogP contribution is -2.15. The zero-order valence-electron chi connectivity index (χ0n) is 11.2. The van der Waals surface area contributed by atoms with Gasteiger partial charge in [0.2, 0.25) is 5.95 Å². The van der Waals surface area contributed by atoms with Crippen molar-refractivity contribution in [2.24, 2.45) is 7.05 Å². The first kappa shape index (κ1) is 14.3. The number of sulfone groups is 1. The van der Waals surface area contributed by atoms with Crippen LogP contribution in [0.15, 0.2) is 36.7 Å². The summed E-state index contributed by atoms with van der Waals surface area (Å²) in [4.78, 5) is 16.0. The Morgan fingerprint density at radius 3 is 2.45 bits per heavy atom. The molecule has 0 aliphatic rings. The SMILES string of the molecule is Cn1ccnc1NC(=O)c1ccc(CS(C)(=O)=O)cc1. The molecule has 0 unspecified atom stereocenters. The summed E-state index contributed by atoms with van der Waals surface area (Å²) in [5.41, 5.74) is 1.10. The van der Waals surface area contributed by atoms with E-state index in [1.165, 1.54) is 6.26 Å². The van der Waals surface area contributed by atoms with Gasteiger partial charge >= 0.3 is 0 Å². The zero-order valence-corrected chi connectivity index (χ0v) is 12.0. The number of aryl methyl sites for hydroxylation is 1. The number of anilines is 1. The Morgan fingerprint density at radius 1 is 1.30 bits per heavy atom. The second-order valence-corrected chi connectivity index (χ2v) is 6.72. The second kappa shape index (κ2) is 5.46. The molecule has 0 radical (unpaired) electrons. The number of rotatable bonds is 4. The molecule has 106 valence electrons. The van der Waals surface area contributed by atoms with E-state index in [1.54, 1.807) is 48.3 Å². The van der Waals surface area contributed by atoms with Crippen molar-refractivity contribution in [3.05, 3.63) is 47.8 Å². The quantitative estimate of drug-likeness (QED) is 0.919. The van der Waals surface area contributed by atoms with E-state index in [0.717, 1.165) is 0 Å². The number of nitrogens with zero attached hydrogens (tertiary/aromatic N) is 2. The zero-order chi connectivity index (χ0) is 14.8. The van der Waals surface area contributed by atoms with Gasteiger partial charge in [-0.25, -0.2) is 13.4 Å². The van der Waals surface area contributed by atoms with Crippen molar-refractivity contribution >= 4 is 21.7 Å². The van der Waals surface area contributed by atoms with E-state index in [9.17, 15) is 13.2 Å². The van der Waals surface area contributed by atoms with Crippen LogP contribution in [0.25, 0.3) is 0 Å². The van der Waals surface area contributed by atoms with Gasteiger partial charge in [-0.3, -0.25) is 10.1 Å². The summed E-state index contributed by atoms with van der Waals surface area (Å²) in [6.07, 6.45) is 4.49. The molecule has 7 heteroatoms. The third-order valence-electron chi connectivity index (χ3n) is 2.69. The molecule has 6 nitrogen and oxygen atoms in total. The minimum absolute atomic E-state index is 0.0335. The Hall–Kier alpha value is -2.15. The van der Waals surface area contributed by atoms with Crippen LogP contribution in [-0.2, 0) is 22.6 Å². The van der Waals surface area contributed by atoms with Crippen molar-refractivity contribution in [1.29, 1.82) is 0 Å². The van der Waals surface area contributed by atoms with E-state index in [4.69, 9.17) is 0 Å². The molecule has 0 atom stereocenters. The summed E-state index contributed by atoms with van der Waals surface area (Å²) in [7, 11) is -1.30. The number of carbonyl (C=O) groups is 1. The van der Waals surface area contributed by atoms with Gasteiger partial charge in [-0.15, -0.1) is 0 Å². The number of hydrogen-bond donors (Lipinski definition) is 1. The first-order valence-corrected chi connectivity index (χ1v) is 7.96. The van der Waals surface area contributed by atoms with Crippen LogP contribution >= 0.6 is 0 Å². The van der Waals surface area contributed by atoms with Gasteiger partial charge in [0.25, 0.3) is 5.91 Å². The number of aromatic nitrogens is 2. The summed E-state index contributed by atoms with van der Waals surface area (Å²) in [6, 6.07) is 6.46. The number of hydrogen-bond acceptors (Lipinski definition) is 4. The summed E-state index contributed by atoms with van der Waals surface area (Å²) < 4.78 is 24.0. The Morgan fingerprint density at radius 2 is 1.95 bits per heavy atom. The molecule has 0 fully saturated rings. The molecule has 1 amide bonds. The highest BCUT2D eigenvalue weighted by atomic mass is 32.2. The number of imidazole rings is 1. The van der Waals surface area contributed by atoms with Crippen molar-refractivity contribution in [2.75, 3.05) is 11.6 Å². The standard InChI is InChI=1S/C13H15N3O3S/c1-16-8-7-14-13(16)15-12(17)11-5-3-10(4-6-11)9-20(2,18)19/h3-8H,9H2,1-2H3,(H,14,15,17). The van der Waals surface area contributed by atoms with E-state index < -0.39 is 9.84 Å². The predicted octanol–water partition coefficient (Wildman–Crippen LogP) is 1.22. The monoisotopic (exact) mass is 293 g/mol. The van der Waals surface area contributed by atoms with Crippen LogP contribution in [0.3, 0.4) is 0 Å². The molecule has 1 N–H and O–H groups in total. The highest BCUT2D eigenvalue weighted by Gasteiger charge is 2.10. The number of amides is 1. The maximum Gasteiger partial charge on any atom is 0.257 e. The predicted molar refractivity (Wildman–Crippen MR) is 76.2 cm³/mol. The van der Waals surface area contributed by atoms with Gasteiger partial charge in [-0.05, 0) is 17.7 Å². The lowest BCUT2D eigenvalue weighted by atomic mass is 10.1. The Balaban J connectivity index is 2.10. The molecule has 0 aliphatic carbocycles. The van der Waals surface area contributed by atoms with Gasteiger partial charge in [-0.1, -0.05) is 12.1 Å². The first-order valence-electron chi connectivity index (χ1n) is 5.90. The van der Waals surface area contributed by atoms with E-state index >= 15 is 0 Å². The molecular formula is C13H15N3O3S. The van der Waals surface area contributed by atoms with Crippen molar-refractivity contribution in [3.63, 3.8) is 0 Å². The average Bonchev–Trinajstić information content (AvgIpc) is 2.74.